The predicted octanol–water partition coefficient (Wildman–Crippen LogP) is 4.39. The molecule has 16 heavy (non-hydrogen) atoms. The normalized spacial score (nSPS) is 10.8. The quantitative estimate of drug-likeness (QED) is 0.647. The van der Waals surface area contributed by atoms with E-state index in [4.69, 9.17) is 0 Å². The second-order valence-electron chi connectivity index (χ2n) is 4.51. The number of carbonyl (C=O) groups is 1. The third-order valence-electron chi connectivity index (χ3n) is 2.95. The molecule has 0 spiro atoms. The number of aryl methyl sites for hydroxylation is 1. The number of carbonyl (C=O) groups excluding carboxylic acids is 1. The Morgan fingerprint density at radius 1 is 1.19 bits per heavy atom. The van der Waals surface area contributed by atoms with Crippen LogP contribution in [0.5, 0.6) is 0 Å². The summed E-state index contributed by atoms with van der Waals surface area (Å²) in [6.45, 7) is 6.32. The smallest absolute Gasteiger partial charge is 0.165 e. The van der Waals surface area contributed by atoms with Gasteiger partial charge in [0.15, 0.2) is 5.78 Å². The number of ketones is 1. The van der Waals surface area contributed by atoms with Gasteiger partial charge in [0.2, 0.25) is 0 Å². The first-order chi connectivity index (χ1) is 7.69. The molecule has 1 aromatic rings. The topological polar surface area (TPSA) is 17.1 Å². The van der Waals surface area contributed by atoms with E-state index in [1.165, 1.54) is 0 Å². The molecular weight excluding hydrogens is 196 g/mol. The van der Waals surface area contributed by atoms with Crippen LogP contribution in [0.15, 0.2) is 24.3 Å². The van der Waals surface area contributed by atoms with Gasteiger partial charge >= 0.3 is 0 Å². The highest BCUT2D eigenvalue weighted by Crippen LogP contribution is 2.20. The second-order valence-corrected chi connectivity index (χ2v) is 4.51. The van der Waals surface area contributed by atoms with Gasteiger partial charge in [-0.15, -0.1) is 0 Å². The molecule has 1 heteroatoms. The Morgan fingerprint density at radius 3 is 2.31 bits per heavy atom. The summed E-state index contributed by atoms with van der Waals surface area (Å²) in [7, 11) is 0. The Hall–Kier alpha value is -1.11. The zero-order valence-corrected chi connectivity index (χ0v) is 10.6. The summed E-state index contributed by atoms with van der Waals surface area (Å²) in [6.07, 6.45) is 4.20. The standard InChI is InChI=1S/C15H22O/c1-4-7-13(8-5-2)15(16)14-10-6-9-12(3)11-14/h6,9-11,13H,4-5,7-8H2,1-3H3. The summed E-state index contributed by atoms with van der Waals surface area (Å²) in [5.74, 6) is 0.546. The largest absolute Gasteiger partial charge is 0.294 e. The van der Waals surface area contributed by atoms with Crippen LogP contribution in [0.25, 0.3) is 0 Å². The minimum Gasteiger partial charge on any atom is -0.294 e. The summed E-state index contributed by atoms with van der Waals surface area (Å²) in [4.78, 5) is 12.3. The lowest BCUT2D eigenvalue weighted by Gasteiger charge is -2.14. The van der Waals surface area contributed by atoms with Crippen LogP contribution in [0.2, 0.25) is 0 Å². The second kappa shape index (κ2) is 6.47. The van der Waals surface area contributed by atoms with Gasteiger partial charge in [-0.1, -0.05) is 50.5 Å². The third kappa shape index (κ3) is 3.48. The highest BCUT2D eigenvalue weighted by atomic mass is 16.1. The van der Waals surface area contributed by atoms with Gasteiger partial charge < -0.3 is 0 Å². The summed E-state index contributed by atoms with van der Waals surface area (Å²) in [5, 5.41) is 0. The van der Waals surface area contributed by atoms with Crippen LogP contribution in [0.3, 0.4) is 0 Å². The van der Waals surface area contributed by atoms with E-state index < -0.39 is 0 Å². The zero-order chi connectivity index (χ0) is 12.0. The predicted molar refractivity (Wildman–Crippen MR) is 68.8 cm³/mol. The monoisotopic (exact) mass is 218 g/mol. The molecule has 88 valence electrons. The van der Waals surface area contributed by atoms with Gasteiger partial charge in [-0.25, -0.2) is 0 Å². The molecule has 0 N–H and O–H groups in total. The van der Waals surface area contributed by atoms with Gasteiger partial charge in [-0.2, -0.15) is 0 Å². The molecular formula is C15H22O. The minimum atomic E-state index is 0.219. The van der Waals surface area contributed by atoms with E-state index in [0.29, 0.717) is 5.78 Å². The molecule has 1 nitrogen and oxygen atoms in total. The Balaban J connectivity index is 2.81. The number of rotatable bonds is 6. The van der Waals surface area contributed by atoms with Gasteiger partial charge in [0.1, 0.15) is 0 Å². The molecule has 1 rings (SSSR count). The fourth-order valence-corrected chi connectivity index (χ4v) is 2.14. The van der Waals surface area contributed by atoms with Crippen molar-refractivity contribution < 1.29 is 4.79 Å². The molecule has 0 bridgehead atoms. The average Bonchev–Trinajstić information content (AvgIpc) is 2.28. The molecule has 1 aromatic carbocycles. The molecule has 0 aliphatic heterocycles. The molecule has 0 heterocycles. The van der Waals surface area contributed by atoms with Gasteiger partial charge in [0, 0.05) is 11.5 Å². The molecule has 0 aromatic heterocycles. The van der Waals surface area contributed by atoms with E-state index in [1.807, 2.05) is 31.2 Å². The summed E-state index contributed by atoms with van der Waals surface area (Å²) in [6, 6.07) is 7.94. The molecule has 0 fully saturated rings. The molecule has 0 atom stereocenters. The maximum absolute atomic E-state index is 12.3. The number of hydrogen-bond acceptors (Lipinski definition) is 1. The molecule has 0 saturated heterocycles. The summed E-state index contributed by atoms with van der Waals surface area (Å²) >= 11 is 0. The lowest BCUT2D eigenvalue weighted by Crippen LogP contribution is -2.14. The van der Waals surface area contributed by atoms with Crippen LogP contribution < -0.4 is 0 Å². The van der Waals surface area contributed by atoms with Crippen LogP contribution in [-0.2, 0) is 0 Å². The molecule has 0 aliphatic carbocycles. The van der Waals surface area contributed by atoms with Crippen molar-refractivity contribution in [2.75, 3.05) is 0 Å². The van der Waals surface area contributed by atoms with E-state index in [0.717, 1.165) is 36.8 Å². The van der Waals surface area contributed by atoms with Gasteiger partial charge in [0.05, 0.1) is 0 Å². The van der Waals surface area contributed by atoms with Crippen molar-refractivity contribution in [3.63, 3.8) is 0 Å². The highest BCUT2D eigenvalue weighted by molar-refractivity contribution is 5.97. The van der Waals surface area contributed by atoms with Crippen LogP contribution in [0.4, 0.5) is 0 Å². The van der Waals surface area contributed by atoms with Crippen molar-refractivity contribution in [1.29, 1.82) is 0 Å². The van der Waals surface area contributed by atoms with Gasteiger partial charge in [0.25, 0.3) is 0 Å². The first-order valence-electron chi connectivity index (χ1n) is 6.29. The number of Topliss-reactive ketones (excluding diaryl/α,β-unsaturated/α-hetero) is 1. The highest BCUT2D eigenvalue weighted by Gasteiger charge is 2.18. The summed E-state index contributed by atoms with van der Waals surface area (Å²) < 4.78 is 0. The number of benzene rings is 1. The van der Waals surface area contributed by atoms with Gasteiger partial charge in [-0.05, 0) is 25.8 Å². The zero-order valence-electron chi connectivity index (χ0n) is 10.6. The Kier molecular flexibility index (Phi) is 5.24. The molecule has 0 saturated carbocycles. The SMILES string of the molecule is CCCC(CCC)C(=O)c1cccc(C)c1. The van der Waals surface area contributed by atoms with Crippen molar-refractivity contribution in [2.45, 2.75) is 46.5 Å². The van der Waals surface area contributed by atoms with E-state index in [2.05, 4.69) is 13.8 Å². The van der Waals surface area contributed by atoms with E-state index in [9.17, 15) is 4.79 Å². The Labute approximate surface area is 98.9 Å². The van der Waals surface area contributed by atoms with Crippen LogP contribution in [-0.4, -0.2) is 5.78 Å². The maximum Gasteiger partial charge on any atom is 0.165 e. The van der Waals surface area contributed by atoms with Crippen molar-refractivity contribution in [3.8, 4) is 0 Å². The first kappa shape index (κ1) is 13.0. The molecule has 0 aliphatic rings. The third-order valence-corrected chi connectivity index (χ3v) is 2.95. The average molecular weight is 218 g/mol. The minimum absolute atomic E-state index is 0.219. The lowest BCUT2D eigenvalue weighted by molar-refractivity contribution is 0.0905. The van der Waals surface area contributed by atoms with Crippen LogP contribution in [0, 0.1) is 12.8 Å². The number of hydrogen-bond donors (Lipinski definition) is 0. The van der Waals surface area contributed by atoms with Crippen molar-refractivity contribution in [2.24, 2.45) is 5.92 Å². The Morgan fingerprint density at radius 2 is 1.81 bits per heavy atom. The first-order valence-corrected chi connectivity index (χ1v) is 6.29. The fourth-order valence-electron chi connectivity index (χ4n) is 2.14. The molecule has 0 radical (unpaired) electrons. The van der Waals surface area contributed by atoms with Crippen molar-refractivity contribution >= 4 is 5.78 Å². The van der Waals surface area contributed by atoms with Crippen molar-refractivity contribution in [1.82, 2.24) is 0 Å². The lowest BCUT2D eigenvalue weighted by atomic mass is 9.89. The van der Waals surface area contributed by atoms with E-state index >= 15 is 0 Å². The summed E-state index contributed by atoms with van der Waals surface area (Å²) in [5.41, 5.74) is 2.05. The fraction of sp³-hybridized carbons (Fsp3) is 0.533. The van der Waals surface area contributed by atoms with Crippen molar-refractivity contribution in [3.05, 3.63) is 35.4 Å². The van der Waals surface area contributed by atoms with Crippen LogP contribution >= 0.6 is 0 Å². The maximum atomic E-state index is 12.3. The molecule has 0 unspecified atom stereocenters. The Bertz CT molecular complexity index is 335. The molecule has 0 amide bonds. The van der Waals surface area contributed by atoms with E-state index in [1.54, 1.807) is 0 Å². The van der Waals surface area contributed by atoms with Gasteiger partial charge in [-0.3, -0.25) is 4.79 Å². The van der Waals surface area contributed by atoms with E-state index in [-0.39, 0.29) is 5.92 Å². The van der Waals surface area contributed by atoms with Crippen LogP contribution in [0.1, 0.15) is 55.5 Å².